The van der Waals surface area contributed by atoms with E-state index < -0.39 is 0 Å². The number of hydrogen-bond donors (Lipinski definition) is 1. The van der Waals surface area contributed by atoms with Gasteiger partial charge in [-0.1, -0.05) is 47.5 Å². The van der Waals surface area contributed by atoms with Crippen molar-refractivity contribution in [1.82, 2.24) is 0 Å². The molecule has 0 aliphatic rings. The number of nitrogen functional groups attached to an aromatic ring is 1. The summed E-state index contributed by atoms with van der Waals surface area (Å²) >= 11 is 7.74. The standard InChI is InChI=1S/C15H16ClNS/c1-11-3-2-4-12(7-11)9-18-10-13-5-6-14(16)8-15(13)17/h2-8H,9-10,17H2,1H3. The molecule has 18 heavy (non-hydrogen) atoms. The molecular formula is C15H16ClNS. The van der Waals surface area contributed by atoms with Gasteiger partial charge in [-0.15, -0.1) is 0 Å². The normalized spacial score (nSPS) is 10.6. The van der Waals surface area contributed by atoms with Gasteiger partial charge in [0.05, 0.1) is 0 Å². The van der Waals surface area contributed by atoms with Gasteiger partial charge in [0.15, 0.2) is 0 Å². The fourth-order valence-electron chi connectivity index (χ4n) is 1.78. The maximum absolute atomic E-state index is 5.93. The van der Waals surface area contributed by atoms with Crippen LogP contribution in [0.15, 0.2) is 42.5 Å². The molecule has 0 aromatic heterocycles. The second-order valence-corrected chi connectivity index (χ2v) is 5.75. The zero-order chi connectivity index (χ0) is 13.0. The predicted octanol–water partition coefficient (Wildman–Crippen LogP) is 4.66. The van der Waals surface area contributed by atoms with Crippen LogP contribution < -0.4 is 5.73 Å². The molecule has 3 heteroatoms. The minimum atomic E-state index is 0.694. The van der Waals surface area contributed by atoms with Crippen LogP contribution in [0.2, 0.25) is 5.02 Å². The third kappa shape index (κ3) is 3.69. The van der Waals surface area contributed by atoms with E-state index >= 15 is 0 Å². The lowest BCUT2D eigenvalue weighted by Crippen LogP contribution is -1.92. The van der Waals surface area contributed by atoms with E-state index in [2.05, 4.69) is 31.2 Å². The zero-order valence-corrected chi connectivity index (χ0v) is 11.9. The molecule has 2 aromatic carbocycles. The molecule has 0 heterocycles. The number of rotatable bonds is 4. The Bertz CT molecular complexity index is 540. The fraction of sp³-hybridized carbons (Fsp3) is 0.200. The van der Waals surface area contributed by atoms with E-state index in [1.54, 1.807) is 0 Å². The largest absolute Gasteiger partial charge is 0.398 e. The number of benzene rings is 2. The summed E-state index contributed by atoms with van der Waals surface area (Å²) in [6, 6.07) is 14.3. The minimum Gasteiger partial charge on any atom is -0.398 e. The third-order valence-corrected chi connectivity index (χ3v) is 4.00. The highest BCUT2D eigenvalue weighted by atomic mass is 35.5. The fourth-order valence-corrected chi connectivity index (χ4v) is 2.96. The number of nitrogens with two attached hydrogens (primary N) is 1. The summed E-state index contributed by atoms with van der Waals surface area (Å²) in [6.45, 7) is 2.12. The van der Waals surface area contributed by atoms with E-state index in [0.29, 0.717) is 5.02 Å². The van der Waals surface area contributed by atoms with Crippen molar-refractivity contribution in [2.75, 3.05) is 5.73 Å². The first-order chi connectivity index (χ1) is 8.65. The highest BCUT2D eigenvalue weighted by molar-refractivity contribution is 7.97. The molecule has 2 aromatic rings. The van der Waals surface area contributed by atoms with Gasteiger partial charge in [-0.2, -0.15) is 11.8 Å². The van der Waals surface area contributed by atoms with Gasteiger partial charge in [-0.05, 0) is 30.2 Å². The first-order valence-corrected chi connectivity index (χ1v) is 7.35. The summed E-state index contributed by atoms with van der Waals surface area (Å²) in [4.78, 5) is 0. The average molecular weight is 278 g/mol. The summed E-state index contributed by atoms with van der Waals surface area (Å²) in [6.07, 6.45) is 0. The van der Waals surface area contributed by atoms with Gasteiger partial charge in [0.2, 0.25) is 0 Å². The molecule has 0 fully saturated rings. The second kappa shape index (κ2) is 6.17. The van der Waals surface area contributed by atoms with Crippen molar-refractivity contribution in [2.45, 2.75) is 18.4 Å². The smallest absolute Gasteiger partial charge is 0.0426 e. The Morgan fingerprint density at radius 3 is 2.67 bits per heavy atom. The highest BCUT2D eigenvalue weighted by Crippen LogP contribution is 2.24. The number of anilines is 1. The quantitative estimate of drug-likeness (QED) is 0.822. The van der Waals surface area contributed by atoms with Gasteiger partial charge in [-0.25, -0.2) is 0 Å². The Balaban J connectivity index is 1.92. The lowest BCUT2D eigenvalue weighted by atomic mass is 10.2. The third-order valence-electron chi connectivity index (χ3n) is 2.72. The van der Waals surface area contributed by atoms with E-state index in [4.69, 9.17) is 17.3 Å². The molecule has 0 saturated heterocycles. The summed E-state index contributed by atoms with van der Waals surface area (Å²) in [5.41, 5.74) is 10.5. The molecule has 0 aliphatic heterocycles. The number of aryl methyl sites for hydroxylation is 1. The van der Waals surface area contributed by atoms with Crippen LogP contribution in [-0.4, -0.2) is 0 Å². The van der Waals surface area contributed by atoms with E-state index in [1.807, 2.05) is 30.0 Å². The molecule has 0 aliphatic carbocycles. The Morgan fingerprint density at radius 1 is 1.11 bits per heavy atom. The molecule has 2 rings (SSSR count). The Morgan fingerprint density at radius 2 is 1.94 bits per heavy atom. The maximum Gasteiger partial charge on any atom is 0.0426 e. The van der Waals surface area contributed by atoms with E-state index in [9.17, 15) is 0 Å². The molecule has 0 amide bonds. The topological polar surface area (TPSA) is 26.0 Å². The molecule has 0 spiro atoms. The van der Waals surface area contributed by atoms with Crippen molar-refractivity contribution in [3.05, 3.63) is 64.2 Å². The lowest BCUT2D eigenvalue weighted by molar-refractivity contribution is 1.33. The summed E-state index contributed by atoms with van der Waals surface area (Å²) in [7, 11) is 0. The van der Waals surface area contributed by atoms with Crippen LogP contribution >= 0.6 is 23.4 Å². The van der Waals surface area contributed by atoms with E-state index in [0.717, 1.165) is 22.8 Å². The Hall–Kier alpha value is -1.12. The average Bonchev–Trinajstić information content (AvgIpc) is 2.32. The number of halogens is 1. The van der Waals surface area contributed by atoms with Gasteiger partial charge in [0.1, 0.15) is 0 Å². The van der Waals surface area contributed by atoms with Crippen LogP contribution in [0, 0.1) is 6.92 Å². The molecular weight excluding hydrogens is 262 g/mol. The monoisotopic (exact) mass is 277 g/mol. The predicted molar refractivity (Wildman–Crippen MR) is 82.0 cm³/mol. The van der Waals surface area contributed by atoms with Crippen molar-refractivity contribution in [1.29, 1.82) is 0 Å². The van der Waals surface area contributed by atoms with Crippen molar-refractivity contribution < 1.29 is 0 Å². The van der Waals surface area contributed by atoms with Crippen molar-refractivity contribution >= 4 is 29.1 Å². The number of hydrogen-bond acceptors (Lipinski definition) is 2. The highest BCUT2D eigenvalue weighted by Gasteiger charge is 2.01. The van der Waals surface area contributed by atoms with Crippen molar-refractivity contribution in [3.63, 3.8) is 0 Å². The molecule has 0 unspecified atom stereocenters. The van der Waals surface area contributed by atoms with Gasteiger partial charge in [0.25, 0.3) is 0 Å². The van der Waals surface area contributed by atoms with Gasteiger partial charge in [0, 0.05) is 22.2 Å². The van der Waals surface area contributed by atoms with Crippen LogP contribution in [0.1, 0.15) is 16.7 Å². The SMILES string of the molecule is Cc1cccc(CSCc2ccc(Cl)cc2N)c1. The maximum atomic E-state index is 5.93. The van der Waals surface area contributed by atoms with Crippen LogP contribution in [0.25, 0.3) is 0 Å². The first-order valence-electron chi connectivity index (χ1n) is 5.82. The Kier molecular flexibility index (Phi) is 4.56. The molecule has 0 bridgehead atoms. The molecule has 0 radical (unpaired) electrons. The summed E-state index contributed by atoms with van der Waals surface area (Å²) < 4.78 is 0. The molecule has 94 valence electrons. The first kappa shape index (κ1) is 13.3. The summed E-state index contributed by atoms with van der Waals surface area (Å²) in [5, 5.41) is 0.694. The second-order valence-electron chi connectivity index (χ2n) is 4.32. The molecule has 1 nitrogen and oxygen atoms in total. The van der Waals surface area contributed by atoms with E-state index in [-0.39, 0.29) is 0 Å². The lowest BCUT2D eigenvalue weighted by Gasteiger charge is -2.06. The van der Waals surface area contributed by atoms with Gasteiger partial charge >= 0.3 is 0 Å². The van der Waals surface area contributed by atoms with Gasteiger partial charge < -0.3 is 5.73 Å². The van der Waals surface area contributed by atoms with Crippen LogP contribution in [0.3, 0.4) is 0 Å². The molecule has 0 atom stereocenters. The van der Waals surface area contributed by atoms with Crippen LogP contribution in [-0.2, 0) is 11.5 Å². The zero-order valence-electron chi connectivity index (χ0n) is 10.3. The van der Waals surface area contributed by atoms with Crippen molar-refractivity contribution in [3.8, 4) is 0 Å². The molecule has 0 saturated carbocycles. The van der Waals surface area contributed by atoms with Crippen molar-refractivity contribution in [2.24, 2.45) is 0 Å². The summed E-state index contributed by atoms with van der Waals surface area (Å²) in [5.74, 6) is 1.92. The Labute approximate surface area is 117 Å². The van der Waals surface area contributed by atoms with Gasteiger partial charge in [-0.3, -0.25) is 0 Å². The van der Waals surface area contributed by atoms with Crippen LogP contribution in [0.5, 0.6) is 0 Å². The van der Waals surface area contributed by atoms with Crippen LogP contribution in [0.4, 0.5) is 5.69 Å². The minimum absolute atomic E-state index is 0.694. The van der Waals surface area contributed by atoms with E-state index in [1.165, 1.54) is 11.1 Å². The molecule has 2 N–H and O–H groups in total. The number of thioether (sulfide) groups is 1.